The van der Waals surface area contributed by atoms with E-state index in [2.05, 4.69) is 20.2 Å². The lowest BCUT2D eigenvalue weighted by molar-refractivity contribution is -0.133. The van der Waals surface area contributed by atoms with Crippen LogP contribution in [-0.2, 0) is 11.2 Å². The van der Waals surface area contributed by atoms with Crippen LogP contribution < -0.4 is 10.2 Å². The number of amides is 2. The van der Waals surface area contributed by atoms with Crippen molar-refractivity contribution in [3.63, 3.8) is 0 Å². The molecule has 3 heterocycles. The summed E-state index contributed by atoms with van der Waals surface area (Å²) in [5, 5.41) is 4.80. The number of rotatable bonds is 6. The molecular weight excluding hydrogens is 398 g/mol. The second-order valence-electron chi connectivity index (χ2n) is 7.05. The van der Waals surface area contributed by atoms with Crippen molar-refractivity contribution in [1.29, 1.82) is 0 Å². The lowest BCUT2D eigenvalue weighted by atomic mass is 10.0. The third kappa shape index (κ3) is 4.83. The summed E-state index contributed by atoms with van der Waals surface area (Å²) in [6.45, 7) is 2.45. The van der Waals surface area contributed by atoms with Crippen molar-refractivity contribution in [2.45, 2.75) is 12.5 Å². The zero-order chi connectivity index (χ0) is 20.8. The average molecular weight is 422 g/mol. The van der Waals surface area contributed by atoms with Gasteiger partial charge in [-0.05, 0) is 23.1 Å². The van der Waals surface area contributed by atoms with Crippen molar-refractivity contribution in [2.75, 3.05) is 31.1 Å². The van der Waals surface area contributed by atoms with Crippen LogP contribution in [0.3, 0.4) is 0 Å². The maximum absolute atomic E-state index is 13.3. The second kappa shape index (κ2) is 9.49. The summed E-state index contributed by atoms with van der Waals surface area (Å²) in [7, 11) is 0. The fraction of sp³-hybridized carbons (Fsp3) is 0.273. The van der Waals surface area contributed by atoms with E-state index in [-0.39, 0.29) is 11.8 Å². The Balaban J connectivity index is 1.44. The molecule has 1 aliphatic heterocycles. The summed E-state index contributed by atoms with van der Waals surface area (Å²) in [5.41, 5.74) is 1.01. The van der Waals surface area contributed by atoms with Gasteiger partial charge in [0.1, 0.15) is 6.04 Å². The van der Waals surface area contributed by atoms with Gasteiger partial charge in [0, 0.05) is 45.0 Å². The smallest absolute Gasteiger partial charge is 0.262 e. The van der Waals surface area contributed by atoms with Crippen LogP contribution in [0.4, 0.5) is 5.95 Å². The third-order valence-electron chi connectivity index (χ3n) is 5.06. The summed E-state index contributed by atoms with van der Waals surface area (Å²) in [6.07, 6.45) is 3.89. The summed E-state index contributed by atoms with van der Waals surface area (Å²) < 4.78 is 0. The van der Waals surface area contributed by atoms with Gasteiger partial charge < -0.3 is 15.1 Å². The summed E-state index contributed by atoms with van der Waals surface area (Å²) in [4.78, 5) is 39.0. The highest BCUT2D eigenvalue weighted by Crippen LogP contribution is 2.14. The maximum atomic E-state index is 13.3. The number of thiophene rings is 1. The van der Waals surface area contributed by atoms with Crippen LogP contribution in [0.15, 0.2) is 66.3 Å². The second-order valence-corrected chi connectivity index (χ2v) is 8.00. The zero-order valence-corrected chi connectivity index (χ0v) is 17.3. The standard InChI is InChI=1S/C22H23N5O2S/c28-20(19-8-4-15-30-19)25-18(16-17-6-2-1-3-7-17)21(29)26-11-13-27(14-12-26)22-23-9-5-10-24-22/h1-10,15,18H,11-14,16H2,(H,25,28)/t18-/m0/s1. The molecule has 0 bridgehead atoms. The van der Waals surface area contributed by atoms with Crippen molar-refractivity contribution in [2.24, 2.45) is 0 Å². The van der Waals surface area contributed by atoms with Crippen LogP contribution in [0.2, 0.25) is 0 Å². The Bertz CT molecular complexity index is 958. The minimum absolute atomic E-state index is 0.0580. The van der Waals surface area contributed by atoms with Gasteiger partial charge in [0.2, 0.25) is 11.9 Å². The first-order chi connectivity index (χ1) is 14.7. The molecule has 1 fully saturated rings. The molecule has 1 atom stereocenters. The van der Waals surface area contributed by atoms with Gasteiger partial charge in [-0.2, -0.15) is 0 Å². The molecule has 1 aromatic carbocycles. The van der Waals surface area contributed by atoms with E-state index < -0.39 is 6.04 Å². The number of anilines is 1. The number of benzene rings is 1. The number of hydrogen-bond donors (Lipinski definition) is 1. The Hall–Kier alpha value is -3.26. The number of carbonyl (C=O) groups is 2. The van der Waals surface area contributed by atoms with Gasteiger partial charge in [0.25, 0.3) is 5.91 Å². The highest BCUT2D eigenvalue weighted by Gasteiger charge is 2.29. The molecule has 0 radical (unpaired) electrons. The van der Waals surface area contributed by atoms with E-state index in [1.807, 2.05) is 46.7 Å². The highest BCUT2D eigenvalue weighted by atomic mass is 32.1. The van der Waals surface area contributed by atoms with Crippen LogP contribution in [0.25, 0.3) is 0 Å². The first-order valence-corrected chi connectivity index (χ1v) is 10.8. The summed E-state index contributed by atoms with van der Waals surface area (Å²) in [5.74, 6) is 0.407. The van der Waals surface area contributed by atoms with Crippen molar-refractivity contribution >= 4 is 29.1 Å². The largest absolute Gasteiger partial charge is 0.339 e. The molecule has 1 aliphatic rings. The van der Waals surface area contributed by atoms with Gasteiger partial charge in [-0.1, -0.05) is 36.4 Å². The number of piperazine rings is 1. The minimum atomic E-state index is -0.610. The number of carbonyl (C=O) groups excluding carboxylic acids is 2. The SMILES string of the molecule is O=C(N[C@@H](Cc1ccccc1)C(=O)N1CCN(c2ncccn2)CC1)c1cccs1. The van der Waals surface area contributed by atoms with Gasteiger partial charge in [-0.3, -0.25) is 9.59 Å². The fourth-order valence-corrected chi connectivity index (χ4v) is 4.12. The van der Waals surface area contributed by atoms with Crippen molar-refractivity contribution in [3.05, 3.63) is 76.7 Å². The molecule has 0 aliphatic carbocycles. The fourth-order valence-electron chi connectivity index (χ4n) is 3.49. The first kappa shape index (κ1) is 20.0. The predicted molar refractivity (Wildman–Crippen MR) is 117 cm³/mol. The normalized spacial score (nSPS) is 14.9. The van der Waals surface area contributed by atoms with E-state index >= 15 is 0 Å². The molecule has 154 valence electrons. The lowest BCUT2D eigenvalue weighted by Crippen LogP contribution is -2.55. The van der Waals surface area contributed by atoms with Gasteiger partial charge in [0.15, 0.2) is 0 Å². The number of aromatic nitrogens is 2. The van der Waals surface area contributed by atoms with E-state index in [1.54, 1.807) is 24.5 Å². The van der Waals surface area contributed by atoms with Crippen LogP contribution in [0.5, 0.6) is 0 Å². The molecule has 1 saturated heterocycles. The molecule has 0 saturated carbocycles. The van der Waals surface area contributed by atoms with E-state index in [4.69, 9.17) is 0 Å². The van der Waals surface area contributed by atoms with Crippen LogP contribution in [0.1, 0.15) is 15.2 Å². The Morgan fingerprint density at radius 1 is 0.967 bits per heavy atom. The molecule has 30 heavy (non-hydrogen) atoms. The molecule has 2 amide bonds. The molecule has 4 rings (SSSR count). The monoisotopic (exact) mass is 421 g/mol. The molecule has 0 unspecified atom stereocenters. The zero-order valence-electron chi connectivity index (χ0n) is 16.5. The Labute approximate surface area is 179 Å². The predicted octanol–water partition coefficient (Wildman–Crippen LogP) is 2.23. The van der Waals surface area contributed by atoms with Crippen molar-refractivity contribution < 1.29 is 9.59 Å². The molecular formula is C22H23N5O2S. The van der Waals surface area contributed by atoms with E-state index in [0.29, 0.717) is 43.4 Å². The average Bonchev–Trinajstić information content (AvgIpc) is 3.35. The summed E-state index contributed by atoms with van der Waals surface area (Å²) >= 11 is 1.37. The van der Waals surface area contributed by atoms with Gasteiger partial charge in [0.05, 0.1) is 4.88 Å². The Kier molecular flexibility index (Phi) is 6.34. The van der Waals surface area contributed by atoms with E-state index in [9.17, 15) is 9.59 Å². The topological polar surface area (TPSA) is 78.4 Å². The van der Waals surface area contributed by atoms with E-state index in [0.717, 1.165) is 5.56 Å². The Morgan fingerprint density at radius 3 is 2.37 bits per heavy atom. The molecule has 0 spiro atoms. The van der Waals surface area contributed by atoms with Gasteiger partial charge >= 0.3 is 0 Å². The van der Waals surface area contributed by atoms with Crippen molar-refractivity contribution in [3.8, 4) is 0 Å². The van der Waals surface area contributed by atoms with Gasteiger partial charge in [-0.25, -0.2) is 9.97 Å². The molecule has 3 aromatic rings. The highest BCUT2D eigenvalue weighted by molar-refractivity contribution is 7.12. The first-order valence-electron chi connectivity index (χ1n) is 9.90. The maximum Gasteiger partial charge on any atom is 0.262 e. The quantitative estimate of drug-likeness (QED) is 0.660. The lowest BCUT2D eigenvalue weighted by Gasteiger charge is -2.36. The Morgan fingerprint density at radius 2 is 1.70 bits per heavy atom. The number of nitrogens with zero attached hydrogens (tertiary/aromatic N) is 4. The van der Waals surface area contributed by atoms with Gasteiger partial charge in [-0.15, -0.1) is 11.3 Å². The van der Waals surface area contributed by atoms with E-state index in [1.165, 1.54) is 11.3 Å². The number of nitrogens with one attached hydrogen (secondary N) is 1. The molecule has 8 heteroatoms. The molecule has 1 N–H and O–H groups in total. The summed E-state index contributed by atoms with van der Waals surface area (Å²) in [6, 6.07) is 14.5. The van der Waals surface area contributed by atoms with Crippen LogP contribution >= 0.6 is 11.3 Å². The number of hydrogen-bond acceptors (Lipinski definition) is 6. The third-order valence-corrected chi connectivity index (χ3v) is 5.93. The van der Waals surface area contributed by atoms with Crippen LogP contribution in [0, 0.1) is 0 Å². The molecule has 2 aromatic heterocycles. The molecule has 7 nitrogen and oxygen atoms in total. The van der Waals surface area contributed by atoms with Crippen molar-refractivity contribution in [1.82, 2.24) is 20.2 Å². The van der Waals surface area contributed by atoms with Crippen LogP contribution in [-0.4, -0.2) is 58.9 Å². The minimum Gasteiger partial charge on any atom is -0.339 e.